The molecule has 3 aliphatic heterocycles. The highest BCUT2D eigenvalue weighted by Gasteiger charge is 2.46. The van der Waals surface area contributed by atoms with Crippen LogP contribution in [0.2, 0.25) is 0 Å². The molecule has 2 aromatic carbocycles. The summed E-state index contributed by atoms with van der Waals surface area (Å²) in [6.45, 7) is 3.87. The maximum absolute atomic E-state index is 13.8. The number of nitrogens with zero attached hydrogens (tertiary/aromatic N) is 2. The van der Waals surface area contributed by atoms with E-state index in [1.54, 1.807) is 11.8 Å². The van der Waals surface area contributed by atoms with Gasteiger partial charge in [0.25, 0.3) is 5.91 Å². The number of carbonyl (C=O) groups is 3. The summed E-state index contributed by atoms with van der Waals surface area (Å²) >= 11 is 0. The molecule has 0 aliphatic carbocycles. The first kappa shape index (κ1) is 21.5. The quantitative estimate of drug-likeness (QED) is 0.783. The Bertz CT molecular complexity index is 1080. The van der Waals surface area contributed by atoms with Crippen molar-refractivity contribution in [3.05, 3.63) is 70.8 Å². The van der Waals surface area contributed by atoms with Gasteiger partial charge in [-0.05, 0) is 48.9 Å². The molecule has 0 aromatic heterocycles. The molecule has 172 valence electrons. The highest BCUT2D eigenvalue weighted by atomic mass is 16.6. The molecule has 0 spiro atoms. The average Bonchev–Trinajstić information content (AvgIpc) is 2.84. The number of amides is 3. The van der Waals surface area contributed by atoms with E-state index in [-0.39, 0.29) is 30.0 Å². The van der Waals surface area contributed by atoms with E-state index in [1.807, 2.05) is 47.4 Å². The maximum atomic E-state index is 13.8. The van der Waals surface area contributed by atoms with E-state index in [0.717, 1.165) is 17.5 Å². The van der Waals surface area contributed by atoms with Crippen LogP contribution in [0.4, 0.5) is 4.79 Å². The zero-order valence-electron chi connectivity index (χ0n) is 18.8. The van der Waals surface area contributed by atoms with Crippen LogP contribution < -0.4 is 5.32 Å². The molecule has 7 nitrogen and oxygen atoms in total. The Balaban J connectivity index is 1.41. The number of hydrogen-bond acceptors (Lipinski definition) is 4. The van der Waals surface area contributed by atoms with Crippen molar-refractivity contribution in [2.24, 2.45) is 0 Å². The number of rotatable bonds is 3. The normalized spacial score (nSPS) is 22.2. The molecule has 33 heavy (non-hydrogen) atoms. The van der Waals surface area contributed by atoms with Crippen LogP contribution in [0.3, 0.4) is 0 Å². The van der Waals surface area contributed by atoms with E-state index >= 15 is 0 Å². The molecular formula is C26H29N3O4. The van der Waals surface area contributed by atoms with E-state index in [4.69, 9.17) is 4.74 Å². The third-order valence-corrected chi connectivity index (χ3v) is 7.08. The molecule has 0 bridgehead atoms. The summed E-state index contributed by atoms with van der Waals surface area (Å²) in [4.78, 5) is 42.6. The van der Waals surface area contributed by atoms with Crippen LogP contribution in [0, 0.1) is 0 Å². The van der Waals surface area contributed by atoms with Gasteiger partial charge in [0.05, 0.1) is 18.6 Å². The summed E-state index contributed by atoms with van der Waals surface area (Å²) in [5.74, 6) is -0.531. The minimum atomic E-state index is -0.469. The van der Waals surface area contributed by atoms with Crippen LogP contribution in [0.1, 0.15) is 58.8 Å². The number of ether oxygens (including phenoxy) is 1. The second-order valence-electron chi connectivity index (χ2n) is 8.93. The summed E-state index contributed by atoms with van der Waals surface area (Å²) in [5, 5.41) is 3.24. The SMILES string of the molecule is CCOC(=O)N1CCC(NC(=O)[C@@H]2c3ccccc3C(=O)N3CCc4ccccc4[C@H]23)CC1. The molecule has 1 N–H and O–H groups in total. The lowest BCUT2D eigenvalue weighted by atomic mass is 9.75. The van der Waals surface area contributed by atoms with Gasteiger partial charge in [-0.3, -0.25) is 9.59 Å². The van der Waals surface area contributed by atoms with Crippen molar-refractivity contribution >= 4 is 17.9 Å². The average molecular weight is 448 g/mol. The number of carbonyl (C=O) groups excluding carboxylic acids is 3. The van der Waals surface area contributed by atoms with Crippen molar-refractivity contribution in [2.45, 2.75) is 44.2 Å². The van der Waals surface area contributed by atoms with Gasteiger partial charge in [0.15, 0.2) is 0 Å². The van der Waals surface area contributed by atoms with E-state index in [1.165, 1.54) is 5.56 Å². The predicted octanol–water partition coefficient (Wildman–Crippen LogP) is 3.26. The number of benzene rings is 2. The smallest absolute Gasteiger partial charge is 0.409 e. The lowest BCUT2D eigenvalue weighted by molar-refractivity contribution is -0.125. The predicted molar refractivity (Wildman–Crippen MR) is 123 cm³/mol. The molecule has 0 saturated carbocycles. The van der Waals surface area contributed by atoms with E-state index in [2.05, 4.69) is 11.4 Å². The first-order valence-electron chi connectivity index (χ1n) is 11.8. The van der Waals surface area contributed by atoms with Crippen molar-refractivity contribution in [1.82, 2.24) is 15.1 Å². The lowest BCUT2D eigenvalue weighted by Crippen LogP contribution is -2.52. The molecule has 2 atom stereocenters. The molecule has 3 amide bonds. The maximum Gasteiger partial charge on any atom is 0.409 e. The third-order valence-electron chi connectivity index (χ3n) is 7.08. The van der Waals surface area contributed by atoms with Crippen LogP contribution in [-0.2, 0) is 16.0 Å². The van der Waals surface area contributed by atoms with E-state index in [9.17, 15) is 14.4 Å². The Morgan fingerprint density at radius 2 is 1.70 bits per heavy atom. The molecule has 5 rings (SSSR count). The lowest BCUT2D eigenvalue weighted by Gasteiger charge is -2.45. The van der Waals surface area contributed by atoms with Gasteiger partial charge in [-0.1, -0.05) is 42.5 Å². The fourth-order valence-corrected chi connectivity index (χ4v) is 5.47. The van der Waals surface area contributed by atoms with Crippen LogP contribution in [0.5, 0.6) is 0 Å². The highest BCUT2D eigenvalue weighted by Crippen LogP contribution is 2.46. The molecule has 0 unspecified atom stereocenters. The third kappa shape index (κ3) is 3.86. The Labute approximate surface area is 193 Å². The summed E-state index contributed by atoms with van der Waals surface area (Å²) < 4.78 is 5.10. The van der Waals surface area contributed by atoms with Gasteiger partial charge in [0.1, 0.15) is 0 Å². The van der Waals surface area contributed by atoms with Gasteiger partial charge >= 0.3 is 6.09 Å². The number of fused-ring (bicyclic) bond motifs is 4. The van der Waals surface area contributed by atoms with Crippen molar-refractivity contribution in [3.63, 3.8) is 0 Å². The zero-order chi connectivity index (χ0) is 22.9. The van der Waals surface area contributed by atoms with Crippen LogP contribution in [0.25, 0.3) is 0 Å². The van der Waals surface area contributed by atoms with Gasteiger partial charge in [0, 0.05) is 31.2 Å². The van der Waals surface area contributed by atoms with E-state index < -0.39 is 5.92 Å². The Kier molecular flexibility index (Phi) is 5.79. The van der Waals surface area contributed by atoms with E-state index in [0.29, 0.717) is 44.6 Å². The van der Waals surface area contributed by atoms with Gasteiger partial charge in [0.2, 0.25) is 5.91 Å². The second-order valence-corrected chi connectivity index (χ2v) is 8.93. The summed E-state index contributed by atoms with van der Waals surface area (Å²) in [6.07, 6.45) is 1.86. The molecular weight excluding hydrogens is 418 g/mol. The Morgan fingerprint density at radius 3 is 2.45 bits per heavy atom. The van der Waals surface area contributed by atoms with Crippen molar-refractivity contribution in [3.8, 4) is 0 Å². The fraction of sp³-hybridized carbons (Fsp3) is 0.423. The van der Waals surface area contributed by atoms with Gasteiger partial charge < -0.3 is 19.9 Å². The largest absolute Gasteiger partial charge is 0.450 e. The van der Waals surface area contributed by atoms with Crippen LogP contribution in [0.15, 0.2) is 48.5 Å². The summed E-state index contributed by atoms with van der Waals surface area (Å²) in [7, 11) is 0. The minimum absolute atomic E-state index is 0.00287. The van der Waals surface area contributed by atoms with Crippen LogP contribution >= 0.6 is 0 Å². The first-order valence-corrected chi connectivity index (χ1v) is 11.8. The van der Waals surface area contributed by atoms with Crippen molar-refractivity contribution in [1.29, 1.82) is 0 Å². The highest BCUT2D eigenvalue weighted by molar-refractivity contribution is 6.01. The first-order chi connectivity index (χ1) is 16.1. The van der Waals surface area contributed by atoms with Gasteiger partial charge in [-0.2, -0.15) is 0 Å². The zero-order valence-corrected chi connectivity index (χ0v) is 18.8. The standard InChI is InChI=1S/C26H29N3O4/c1-2-33-26(32)28-14-12-18(13-15-28)27-24(30)22-20-9-5-6-10-21(20)25(31)29-16-11-17-7-3-4-8-19(17)23(22)29/h3-10,18,22-23H,2,11-16H2,1H3,(H,27,30)/t22-,23-/m1/s1. The molecule has 2 aromatic rings. The monoisotopic (exact) mass is 447 g/mol. The Morgan fingerprint density at radius 1 is 1.00 bits per heavy atom. The number of hydrogen-bond donors (Lipinski definition) is 1. The number of likely N-dealkylation sites (tertiary alicyclic amines) is 1. The molecule has 0 radical (unpaired) electrons. The molecule has 3 heterocycles. The molecule has 7 heteroatoms. The molecule has 1 fully saturated rings. The topological polar surface area (TPSA) is 79.0 Å². The summed E-state index contributed by atoms with van der Waals surface area (Å²) in [6, 6.07) is 15.3. The molecule has 3 aliphatic rings. The van der Waals surface area contributed by atoms with Gasteiger partial charge in [-0.15, -0.1) is 0 Å². The number of piperidine rings is 1. The van der Waals surface area contributed by atoms with Crippen molar-refractivity contribution in [2.75, 3.05) is 26.2 Å². The minimum Gasteiger partial charge on any atom is -0.450 e. The fourth-order valence-electron chi connectivity index (χ4n) is 5.47. The number of nitrogens with one attached hydrogen (secondary N) is 1. The molecule has 1 saturated heterocycles. The Hall–Kier alpha value is -3.35. The van der Waals surface area contributed by atoms with Gasteiger partial charge in [-0.25, -0.2) is 4.79 Å². The summed E-state index contributed by atoms with van der Waals surface area (Å²) in [5.41, 5.74) is 3.67. The second kappa shape index (κ2) is 8.89. The van der Waals surface area contributed by atoms with Crippen molar-refractivity contribution < 1.29 is 19.1 Å². The van der Waals surface area contributed by atoms with Crippen LogP contribution in [-0.4, -0.2) is 60.0 Å².